The summed E-state index contributed by atoms with van der Waals surface area (Å²) in [6, 6.07) is 3.64. The SMILES string of the molecule is CC(C)CC(=O)N1CCc2nc(NC(=O)c3cccs3)sc2C1. The molecule has 0 saturated carbocycles. The highest BCUT2D eigenvalue weighted by molar-refractivity contribution is 7.16. The van der Waals surface area contributed by atoms with Crippen LogP contribution in [0.1, 0.15) is 40.5 Å². The fourth-order valence-electron chi connectivity index (χ4n) is 2.51. The standard InChI is InChI=1S/C16H19N3O2S2/c1-10(2)8-14(20)19-6-5-11-13(9-19)23-16(17-11)18-15(21)12-4-3-7-22-12/h3-4,7,10H,5-6,8-9H2,1-2H3,(H,17,18,21). The molecule has 0 saturated heterocycles. The molecule has 1 N–H and O–H groups in total. The van der Waals surface area contributed by atoms with Gasteiger partial charge in [0.25, 0.3) is 5.91 Å². The second kappa shape index (κ2) is 6.80. The third-order valence-corrected chi connectivity index (χ3v) is 5.50. The monoisotopic (exact) mass is 349 g/mol. The van der Waals surface area contributed by atoms with Gasteiger partial charge >= 0.3 is 0 Å². The molecule has 0 unspecified atom stereocenters. The van der Waals surface area contributed by atoms with E-state index in [0.717, 1.165) is 17.0 Å². The van der Waals surface area contributed by atoms with Crippen LogP contribution in [-0.4, -0.2) is 28.2 Å². The summed E-state index contributed by atoms with van der Waals surface area (Å²) in [5.74, 6) is 0.438. The quantitative estimate of drug-likeness (QED) is 0.920. The van der Waals surface area contributed by atoms with E-state index >= 15 is 0 Å². The van der Waals surface area contributed by atoms with Gasteiger partial charge in [0.05, 0.1) is 17.1 Å². The van der Waals surface area contributed by atoms with E-state index in [2.05, 4.69) is 24.1 Å². The molecule has 0 atom stereocenters. The molecule has 23 heavy (non-hydrogen) atoms. The van der Waals surface area contributed by atoms with Gasteiger partial charge in [0.1, 0.15) is 0 Å². The van der Waals surface area contributed by atoms with Crippen LogP contribution in [0, 0.1) is 5.92 Å². The van der Waals surface area contributed by atoms with E-state index in [-0.39, 0.29) is 11.8 Å². The first-order valence-electron chi connectivity index (χ1n) is 7.64. The molecule has 7 heteroatoms. The second-order valence-corrected chi connectivity index (χ2v) is 8.01. The molecule has 0 spiro atoms. The Morgan fingerprint density at radius 1 is 1.43 bits per heavy atom. The molecular weight excluding hydrogens is 330 g/mol. The van der Waals surface area contributed by atoms with E-state index in [0.29, 0.717) is 35.4 Å². The zero-order chi connectivity index (χ0) is 16.4. The van der Waals surface area contributed by atoms with Crippen LogP contribution in [0.4, 0.5) is 5.13 Å². The van der Waals surface area contributed by atoms with Gasteiger partial charge in [-0.2, -0.15) is 0 Å². The number of thiazole rings is 1. The summed E-state index contributed by atoms with van der Waals surface area (Å²) in [6.07, 6.45) is 1.33. The fraction of sp³-hybridized carbons (Fsp3) is 0.438. The van der Waals surface area contributed by atoms with Gasteiger partial charge in [-0.3, -0.25) is 14.9 Å². The third kappa shape index (κ3) is 3.79. The number of nitrogens with zero attached hydrogens (tertiary/aromatic N) is 2. The smallest absolute Gasteiger partial charge is 0.267 e. The minimum atomic E-state index is -0.126. The molecule has 2 amide bonds. The van der Waals surface area contributed by atoms with Crippen LogP contribution in [0.3, 0.4) is 0 Å². The number of nitrogens with one attached hydrogen (secondary N) is 1. The van der Waals surface area contributed by atoms with Crippen LogP contribution in [0.5, 0.6) is 0 Å². The van der Waals surface area contributed by atoms with Crippen molar-refractivity contribution in [3.8, 4) is 0 Å². The van der Waals surface area contributed by atoms with Gasteiger partial charge in [0.2, 0.25) is 5.91 Å². The molecule has 0 fully saturated rings. The van der Waals surface area contributed by atoms with E-state index in [1.165, 1.54) is 22.7 Å². The highest BCUT2D eigenvalue weighted by Gasteiger charge is 2.25. The predicted octanol–water partition coefficient (Wildman–Crippen LogP) is 3.39. The number of amides is 2. The molecule has 0 bridgehead atoms. The summed E-state index contributed by atoms with van der Waals surface area (Å²) in [6.45, 7) is 5.42. The molecular formula is C16H19N3O2S2. The van der Waals surface area contributed by atoms with Gasteiger partial charge in [-0.05, 0) is 17.4 Å². The number of anilines is 1. The molecule has 1 aliphatic rings. The number of hydrogen-bond acceptors (Lipinski definition) is 5. The van der Waals surface area contributed by atoms with Crippen molar-refractivity contribution < 1.29 is 9.59 Å². The Kier molecular flexibility index (Phi) is 4.77. The normalized spacial score (nSPS) is 14.0. The number of hydrogen-bond donors (Lipinski definition) is 1. The molecule has 2 aromatic rings. The highest BCUT2D eigenvalue weighted by Crippen LogP contribution is 2.29. The van der Waals surface area contributed by atoms with Crippen molar-refractivity contribution in [3.05, 3.63) is 33.0 Å². The number of thiophene rings is 1. The Hall–Kier alpha value is -1.73. The minimum absolute atomic E-state index is 0.126. The minimum Gasteiger partial charge on any atom is -0.337 e. The van der Waals surface area contributed by atoms with Crippen molar-refractivity contribution in [2.75, 3.05) is 11.9 Å². The van der Waals surface area contributed by atoms with E-state index in [4.69, 9.17) is 0 Å². The van der Waals surface area contributed by atoms with Crippen molar-refractivity contribution in [3.63, 3.8) is 0 Å². The zero-order valence-corrected chi connectivity index (χ0v) is 14.8. The van der Waals surface area contributed by atoms with Crippen LogP contribution in [-0.2, 0) is 17.8 Å². The van der Waals surface area contributed by atoms with E-state index in [9.17, 15) is 9.59 Å². The fourth-order valence-corrected chi connectivity index (χ4v) is 4.14. The van der Waals surface area contributed by atoms with Crippen LogP contribution in [0.25, 0.3) is 0 Å². The number of rotatable bonds is 4. The molecule has 2 aromatic heterocycles. The van der Waals surface area contributed by atoms with Crippen molar-refractivity contribution in [1.29, 1.82) is 0 Å². The number of carbonyl (C=O) groups is 2. The maximum atomic E-state index is 12.2. The lowest BCUT2D eigenvalue weighted by Crippen LogP contribution is -2.36. The van der Waals surface area contributed by atoms with Gasteiger partial charge < -0.3 is 4.90 Å². The van der Waals surface area contributed by atoms with Gasteiger partial charge in [-0.1, -0.05) is 31.3 Å². The van der Waals surface area contributed by atoms with Crippen molar-refractivity contribution >= 4 is 39.6 Å². The lowest BCUT2D eigenvalue weighted by Gasteiger charge is -2.26. The van der Waals surface area contributed by atoms with Crippen LogP contribution >= 0.6 is 22.7 Å². The number of carbonyl (C=O) groups excluding carboxylic acids is 2. The first kappa shape index (κ1) is 16.1. The average molecular weight is 349 g/mol. The molecule has 0 aliphatic carbocycles. The van der Waals surface area contributed by atoms with Gasteiger partial charge in [-0.25, -0.2) is 4.98 Å². The molecule has 3 rings (SSSR count). The van der Waals surface area contributed by atoms with E-state index < -0.39 is 0 Å². The number of aromatic nitrogens is 1. The molecule has 1 aliphatic heterocycles. The van der Waals surface area contributed by atoms with Gasteiger partial charge in [0, 0.05) is 24.3 Å². The summed E-state index contributed by atoms with van der Waals surface area (Å²) in [4.78, 5) is 32.4. The van der Waals surface area contributed by atoms with Crippen LogP contribution < -0.4 is 5.32 Å². The Morgan fingerprint density at radius 3 is 2.96 bits per heavy atom. The van der Waals surface area contributed by atoms with Crippen molar-refractivity contribution in [2.45, 2.75) is 33.2 Å². The Bertz CT molecular complexity index is 707. The van der Waals surface area contributed by atoms with E-state index in [1.54, 1.807) is 6.07 Å². The summed E-state index contributed by atoms with van der Waals surface area (Å²) >= 11 is 2.88. The van der Waals surface area contributed by atoms with E-state index in [1.807, 2.05) is 16.3 Å². The Balaban J connectivity index is 1.67. The molecule has 5 nitrogen and oxygen atoms in total. The average Bonchev–Trinajstić information content (AvgIpc) is 3.14. The third-order valence-electron chi connectivity index (χ3n) is 3.63. The lowest BCUT2D eigenvalue weighted by molar-refractivity contribution is -0.132. The summed E-state index contributed by atoms with van der Waals surface area (Å²) in [7, 11) is 0. The van der Waals surface area contributed by atoms with Gasteiger partial charge in [0.15, 0.2) is 5.13 Å². The largest absolute Gasteiger partial charge is 0.337 e. The predicted molar refractivity (Wildman–Crippen MR) is 93.0 cm³/mol. The molecule has 0 radical (unpaired) electrons. The lowest BCUT2D eigenvalue weighted by atomic mass is 10.1. The molecule has 0 aromatic carbocycles. The topological polar surface area (TPSA) is 62.3 Å². The first-order valence-corrected chi connectivity index (χ1v) is 9.33. The Morgan fingerprint density at radius 2 is 2.26 bits per heavy atom. The maximum absolute atomic E-state index is 12.2. The van der Waals surface area contributed by atoms with Crippen LogP contribution in [0.15, 0.2) is 17.5 Å². The van der Waals surface area contributed by atoms with Crippen LogP contribution in [0.2, 0.25) is 0 Å². The summed E-state index contributed by atoms with van der Waals surface area (Å²) in [5, 5.41) is 5.35. The summed E-state index contributed by atoms with van der Waals surface area (Å²) < 4.78 is 0. The zero-order valence-electron chi connectivity index (χ0n) is 13.2. The second-order valence-electron chi connectivity index (χ2n) is 5.98. The molecule has 3 heterocycles. The summed E-state index contributed by atoms with van der Waals surface area (Å²) in [5.41, 5.74) is 1.00. The first-order chi connectivity index (χ1) is 11.0. The maximum Gasteiger partial charge on any atom is 0.267 e. The van der Waals surface area contributed by atoms with Crippen molar-refractivity contribution in [2.24, 2.45) is 5.92 Å². The Labute approximate surface area is 143 Å². The van der Waals surface area contributed by atoms with Gasteiger partial charge in [-0.15, -0.1) is 11.3 Å². The van der Waals surface area contributed by atoms with Crippen molar-refractivity contribution in [1.82, 2.24) is 9.88 Å². The highest BCUT2D eigenvalue weighted by atomic mass is 32.1. The molecule has 122 valence electrons. The number of fused-ring (bicyclic) bond motifs is 1.